The van der Waals surface area contributed by atoms with E-state index >= 15 is 0 Å². The summed E-state index contributed by atoms with van der Waals surface area (Å²) in [4.78, 5) is 49.4. The van der Waals surface area contributed by atoms with Gasteiger partial charge in [0.1, 0.15) is 18.7 Å². The molecule has 0 saturated heterocycles. The van der Waals surface area contributed by atoms with Crippen LogP contribution in [0.15, 0.2) is 48.5 Å². The Bertz CT molecular complexity index is 1120. The number of amides is 4. The molecule has 0 saturated carbocycles. The molecule has 0 heterocycles. The van der Waals surface area contributed by atoms with Gasteiger partial charge in [0.2, 0.25) is 17.7 Å². The van der Waals surface area contributed by atoms with Crippen molar-refractivity contribution in [3.8, 4) is 11.1 Å². The van der Waals surface area contributed by atoms with Crippen LogP contribution in [0, 0.1) is 5.92 Å². The third-order valence-corrected chi connectivity index (χ3v) is 6.78. The second-order valence-corrected chi connectivity index (χ2v) is 10.4. The summed E-state index contributed by atoms with van der Waals surface area (Å²) in [5.74, 6) is -1.22. The van der Waals surface area contributed by atoms with Gasteiger partial charge in [0, 0.05) is 18.9 Å². The molecule has 1 aliphatic carbocycles. The van der Waals surface area contributed by atoms with Crippen molar-refractivity contribution in [2.75, 3.05) is 13.2 Å². The van der Waals surface area contributed by atoms with Gasteiger partial charge in [-0.1, -0.05) is 69.3 Å². The van der Waals surface area contributed by atoms with E-state index in [-0.39, 0.29) is 43.7 Å². The maximum Gasteiger partial charge on any atom is 0.407 e. The van der Waals surface area contributed by atoms with Crippen LogP contribution in [-0.2, 0) is 19.1 Å². The monoisotopic (exact) mass is 536 g/mol. The molecule has 0 aromatic heterocycles. The summed E-state index contributed by atoms with van der Waals surface area (Å²) in [5, 5.41) is 8.14. The smallest absolute Gasteiger partial charge is 0.407 e. The summed E-state index contributed by atoms with van der Waals surface area (Å²) in [7, 11) is 0. The first-order valence-electron chi connectivity index (χ1n) is 13.7. The molecule has 2 aromatic rings. The fraction of sp³-hybridized carbons (Fsp3) is 0.467. The van der Waals surface area contributed by atoms with Crippen molar-refractivity contribution < 1.29 is 23.9 Å². The lowest BCUT2D eigenvalue weighted by Gasteiger charge is -2.23. The highest BCUT2D eigenvalue weighted by molar-refractivity contribution is 5.91. The predicted molar refractivity (Wildman–Crippen MR) is 150 cm³/mol. The lowest BCUT2D eigenvalue weighted by molar-refractivity contribution is -0.131. The number of rotatable bonds is 14. The van der Waals surface area contributed by atoms with Crippen molar-refractivity contribution in [3.05, 3.63) is 59.7 Å². The number of carbonyl (C=O) groups excluding carboxylic acids is 4. The molecule has 2 unspecified atom stereocenters. The van der Waals surface area contributed by atoms with Crippen molar-refractivity contribution >= 4 is 23.8 Å². The zero-order chi connectivity index (χ0) is 28.4. The van der Waals surface area contributed by atoms with Crippen LogP contribution in [0.3, 0.4) is 0 Å². The third-order valence-electron chi connectivity index (χ3n) is 6.78. The van der Waals surface area contributed by atoms with E-state index in [0.29, 0.717) is 19.3 Å². The Labute approximate surface area is 230 Å². The lowest BCUT2D eigenvalue weighted by Crippen LogP contribution is -2.53. The first-order valence-corrected chi connectivity index (χ1v) is 13.7. The lowest BCUT2D eigenvalue weighted by atomic mass is 9.98. The van der Waals surface area contributed by atoms with Crippen LogP contribution in [0.1, 0.15) is 69.9 Å². The number of nitrogens with one attached hydrogen (secondary N) is 3. The Kier molecular flexibility index (Phi) is 10.9. The molecule has 0 aliphatic heterocycles. The molecule has 0 bridgehead atoms. The molecule has 3 rings (SSSR count). The van der Waals surface area contributed by atoms with Crippen molar-refractivity contribution in [2.24, 2.45) is 11.7 Å². The van der Waals surface area contributed by atoms with Gasteiger partial charge in [-0.3, -0.25) is 14.4 Å². The molecular formula is C30H40N4O5. The molecule has 2 aromatic carbocycles. The van der Waals surface area contributed by atoms with Gasteiger partial charge < -0.3 is 26.4 Å². The molecule has 0 spiro atoms. The maximum absolute atomic E-state index is 12.9. The zero-order valence-electron chi connectivity index (χ0n) is 23.0. The van der Waals surface area contributed by atoms with Crippen LogP contribution in [-0.4, -0.2) is 49.1 Å². The predicted octanol–water partition coefficient (Wildman–Crippen LogP) is 3.61. The number of hydrogen-bond acceptors (Lipinski definition) is 5. The third kappa shape index (κ3) is 8.30. The average Bonchev–Trinajstić information content (AvgIpc) is 3.22. The Morgan fingerprint density at radius 2 is 1.54 bits per heavy atom. The molecule has 210 valence electrons. The summed E-state index contributed by atoms with van der Waals surface area (Å²) in [6, 6.07) is 14.6. The van der Waals surface area contributed by atoms with Gasteiger partial charge in [0.15, 0.2) is 0 Å². The quantitative estimate of drug-likeness (QED) is 0.273. The van der Waals surface area contributed by atoms with Crippen LogP contribution in [0.25, 0.3) is 11.1 Å². The second kappa shape index (κ2) is 14.3. The number of primary amides is 1. The van der Waals surface area contributed by atoms with E-state index < -0.39 is 30.0 Å². The minimum absolute atomic E-state index is 0.0333. The number of ether oxygens (including phenoxy) is 1. The van der Waals surface area contributed by atoms with Crippen LogP contribution >= 0.6 is 0 Å². The molecule has 9 heteroatoms. The molecule has 4 amide bonds. The SMILES string of the molecule is CCCC(=O)NC(CCCNC(=O)OCC1c2ccccc2-c2ccccc21)C(=O)NC(CC(C)C)C(N)=O. The summed E-state index contributed by atoms with van der Waals surface area (Å²) in [6.45, 7) is 6.20. The number of benzene rings is 2. The van der Waals surface area contributed by atoms with E-state index in [4.69, 9.17) is 10.5 Å². The highest BCUT2D eigenvalue weighted by Crippen LogP contribution is 2.44. The Balaban J connectivity index is 1.51. The molecule has 1 aliphatic rings. The van der Waals surface area contributed by atoms with E-state index in [0.717, 1.165) is 22.3 Å². The Morgan fingerprint density at radius 3 is 2.10 bits per heavy atom. The van der Waals surface area contributed by atoms with E-state index in [9.17, 15) is 19.2 Å². The summed E-state index contributed by atoms with van der Waals surface area (Å²) >= 11 is 0. The average molecular weight is 537 g/mol. The molecule has 5 N–H and O–H groups in total. The molecule has 2 atom stereocenters. The Morgan fingerprint density at radius 1 is 0.923 bits per heavy atom. The normalized spacial score (nSPS) is 13.6. The molecule has 9 nitrogen and oxygen atoms in total. The number of fused-ring (bicyclic) bond motifs is 3. The Hall–Kier alpha value is -3.88. The fourth-order valence-electron chi connectivity index (χ4n) is 4.90. The first-order chi connectivity index (χ1) is 18.7. The summed E-state index contributed by atoms with van der Waals surface area (Å²) in [6.07, 6.45) is 1.48. The minimum Gasteiger partial charge on any atom is -0.449 e. The first kappa shape index (κ1) is 29.7. The van der Waals surface area contributed by atoms with Crippen LogP contribution in [0.4, 0.5) is 4.79 Å². The molecule has 39 heavy (non-hydrogen) atoms. The van der Waals surface area contributed by atoms with Gasteiger partial charge in [-0.05, 0) is 53.9 Å². The van der Waals surface area contributed by atoms with Crippen molar-refractivity contribution in [3.63, 3.8) is 0 Å². The fourth-order valence-corrected chi connectivity index (χ4v) is 4.90. The topological polar surface area (TPSA) is 140 Å². The van der Waals surface area contributed by atoms with E-state index in [1.807, 2.05) is 45.0 Å². The number of nitrogens with two attached hydrogens (primary N) is 1. The van der Waals surface area contributed by atoms with Crippen molar-refractivity contribution in [1.29, 1.82) is 0 Å². The molecular weight excluding hydrogens is 496 g/mol. The van der Waals surface area contributed by atoms with Gasteiger partial charge in [0.05, 0.1) is 0 Å². The highest BCUT2D eigenvalue weighted by Gasteiger charge is 2.29. The highest BCUT2D eigenvalue weighted by atomic mass is 16.5. The van der Waals surface area contributed by atoms with E-state index in [2.05, 4.69) is 40.2 Å². The largest absolute Gasteiger partial charge is 0.449 e. The van der Waals surface area contributed by atoms with E-state index in [1.54, 1.807) is 0 Å². The van der Waals surface area contributed by atoms with Gasteiger partial charge >= 0.3 is 6.09 Å². The van der Waals surface area contributed by atoms with Crippen LogP contribution in [0.5, 0.6) is 0 Å². The van der Waals surface area contributed by atoms with Gasteiger partial charge in [-0.25, -0.2) is 4.79 Å². The summed E-state index contributed by atoms with van der Waals surface area (Å²) < 4.78 is 5.56. The second-order valence-electron chi connectivity index (χ2n) is 10.4. The molecule has 0 radical (unpaired) electrons. The summed E-state index contributed by atoms with van der Waals surface area (Å²) in [5.41, 5.74) is 10.0. The van der Waals surface area contributed by atoms with Crippen molar-refractivity contribution in [2.45, 2.75) is 70.9 Å². The van der Waals surface area contributed by atoms with Gasteiger partial charge in [0.25, 0.3) is 0 Å². The van der Waals surface area contributed by atoms with E-state index in [1.165, 1.54) is 0 Å². The van der Waals surface area contributed by atoms with Crippen LogP contribution < -0.4 is 21.7 Å². The van der Waals surface area contributed by atoms with Gasteiger partial charge in [-0.2, -0.15) is 0 Å². The minimum atomic E-state index is -0.845. The number of hydrogen-bond donors (Lipinski definition) is 4. The van der Waals surface area contributed by atoms with Gasteiger partial charge in [-0.15, -0.1) is 0 Å². The van der Waals surface area contributed by atoms with Crippen molar-refractivity contribution in [1.82, 2.24) is 16.0 Å². The standard InChI is InChI=1S/C30H40N4O5/c1-4-10-27(35)33-25(29(37)34-26(28(31)36)17-19(2)3)15-9-16-32-30(38)39-18-24-22-13-7-5-11-20(22)21-12-6-8-14-23(21)24/h5-8,11-14,19,24-26H,4,9-10,15-18H2,1-3H3,(H2,31,36)(H,32,38)(H,33,35)(H,34,37). The number of carbonyl (C=O) groups is 4. The molecule has 0 fully saturated rings. The maximum atomic E-state index is 12.9. The van der Waals surface area contributed by atoms with Crippen LogP contribution in [0.2, 0.25) is 0 Å². The zero-order valence-corrected chi connectivity index (χ0v) is 23.0. The number of alkyl carbamates (subject to hydrolysis) is 1.